The Morgan fingerprint density at radius 2 is 1.97 bits per heavy atom. The minimum atomic E-state index is -4.43. The van der Waals surface area contributed by atoms with Crippen molar-refractivity contribution in [1.29, 1.82) is 0 Å². The van der Waals surface area contributed by atoms with Gasteiger partial charge in [-0.15, -0.1) is 0 Å². The van der Waals surface area contributed by atoms with Crippen molar-refractivity contribution >= 4 is 21.4 Å². The number of carbonyl (C=O) groups is 1. The summed E-state index contributed by atoms with van der Waals surface area (Å²) in [4.78, 5) is 15.5. The highest BCUT2D eigenvalue weighted by Crippen LogP contribution is 2.63. The Morgan fingerprint density at radius 3 is 2.71 bits per heavy atom. The summed E-state index contributed by atoms with van der Waals surface area (Å²) in [7, 11) is -2.22. The second-order valence-electron chi connectivity index (χ2n) is 11.0. The van der Waals surface area contributed by atoms with E-state index in [1.165, 1.54) is 18.7 Å². The summed E-state index contributed by atoms with van der Waals surface area (Å²) in [5, 5.41) is 0. The van der Waals surface area contributed by atoms with Gasteiger partial charge in [-0.25, -0.2) is 8.42 Å². The van der Waals surface area contributed by atoms with Gasteiger partial charge in [0.15, 0.2) is 9.84 Å². The van der Waals surface area contributed by atoms with Gasteiger partial charge in [-0.3, -0.25) is 9.78 Å². The number of fused-ring (bicyclic) bond motifs is 5. The molecule has 4 atom stereocenters. The summed E-state index contributed by atoms with van der Waals surface area (Å²) < 4.78 is 70.4. The molecule has 1 heterocycles. The normalized spacial score (nSPS) is 26.7. The number of benzene rings is 1. The van der Waals surface area contributed by atoms with Crippen LogP contribution in [0.4, 0.5) is 13.2 Å². The number of aryl methyl sites for hydroxylation is 1. The SMILES string of the molecule is COC(=O)CCCS(=O)(=O)c1ccc2c(c1)CCC1C2CC[C@]2(C)C(c3cncc(C(F)(F)F)c3)=CCC12. The van der Waals surface area contributed by atoms with Crippen LogP contribution < -0.4 is 0 Å². The molecule has 0 spiro atoms. The molecule has 1 fully saturated rings. The molecule has 0 N–H and O–H groups in total. The maximum atomic E-state index is 13.3. The van der Waals surface area contributed by atoms with E-state index in [0.29, 0.717) is 28.2 Å². The van der Waals surface area contributed by atoms with Crippen LogP contribution in [0, 0.1) is 17.3 Å². The molecule has 5 nitrogen and oxygen atoms in total. The van der Waals surface area contributed by atoms with Gasteiger partial charge in [0.05, 0.1) is 23.3 Å². The fourth-order valence-corrected chi connectivity index (χ4v) is 8.49. The predicted octanol–water partition coefficient (Wildman–Crippen LogP) is 6.38. The number of carbonyl (C=O) groups excluding carboxylic acids is 1. The number of allylic oxidation sites excluding steroid dienone is 2. The molecular weight excluding hydrogens is 515 g/mol. The molecule has 1 aromatic heterocycles. The highest BCUT2D eigenvalue weighted by Gasteiger charge is 2.52. The molecule has 3 aliphatic rings. The number of sulfone groups is 1. The van der Waals surface area contributed by atoms with Crippen molar-refractivity contribution in [3.8, 4) is 0 Å². The van der Waals surface area contributed by atoms with Crippen LogP contribution in [-0.4, -0.2) is 32.2 Å². The molecule has 0 amide bonds. The predicted molar refractivity (Wildman–Crippen MR) is 137 cm³/mol. The van der Waals surface area contributed by atoms with Crippen molar-refractivity contribution in [2.75, 3.05) is 12.9 Å². The highest BCUT2D eigenvalue weighted by molar-refractivity contribution is 7.91. The zero-order valence-corrected chi connectivity index (χ0v) is 22.4. The monoisotopic (exact) mass is 547 g/mol. The van der Waals surface area contributed by atoms with Crippen molar-refractivity contribution in [1.82, 2.24) is 4.98 Å². The Balaban J connectivity index is 1.35. The lowest BCUT2D eigenvalue weighted by atomic mass is 9.54. The first-order chi connectivity index (χ1) is 17.9. The van der Waals surface area contributed by atoms with Crippen LogP contribution in [0.1, 0.15) is 73.6 Å². The van der Waals surface area contributed by atoms with E-state index in [4.69, 9.17) is 0 Å². The minimum absolute atomic E-state index is 0.0666. The van der Waals surface area contributed by atoms with Gasteiger partial charge in [0.25, 0.3) is 0 Å². The topological polar surface area (TPSA) is 73.3 Å². The number of aromatic nitrogens is 1. The zero-order chi connectivity index (χ0) is 27.3. The Kier molecular flexibility index (Phi) is 6.95. The van der Waals surface area contributed by atoms with E-state index in [1.54, 1.807) is 18.3 Å². The van der Waals surface area contributed by atoms with Gasteiger partial charge in [0.1, 0.15) is 0 Å². The average molecular weight is 548 g/mol. The smallest absolute Gasteiger partial charge is 0.417 e. The molecule has 5 rings (SSSR count). The van der Waals surface area contributed by atoms with E-state index in [-0.39, 0.29) is 24.0 Å². The lowest BCUT2D eigenvalue weighted by Crippen LogP contribution is -2.41. The van der Waals surface area contributed by atoms with E-state index in [9.17, 15) is 26.4 Å². The van der Waals surface area contributed by atoms with Gasteiger partial charge in [0.2, 0.25) is 0 Å². The van der Waals surface area contributed by atoms with Crippen LogP contribution in [0.3, 0.4) is 0 Å². The molecule has 38 heavy (non-hydrogen) atoms. The number of pyridine rings is 1. The molecule has 204 valence electrons. The third-order valence-electron chi connectivity index (χ3n) is 9.04. The molecule has 2 aromatic rings. The largest absolute Gasteiger partial charge is 0.469 e. The van der Waals surface area contributed by atoms with Gasteiger partial charge in [-0.05, 0) is 102 Å². The van der Waals surface area contributed by atoms with Gasteiger partial charge >= 0.3 is 12.1 Å². The van der Waals surface area contributed by atoms with Gasteiger partial charge in [-0.1, -0.05) is 19.1 Å². The number of hydrogen-bond donors (Lipinski definition) is 0. The maximum Gasteiger partial charge on any atom is 0.417 e. The number of ether oxygens (including phenoxy) is 1. The maximum absolute atomic E-state index is 13.3. The lowest BCUT2D eigenvalue weighted by molar-refractivity contribution is -0.140. The number of methoxy groups -OCH3 is 1. The van der Waals surface area contributed by atoms with Crippen molar-refractivity contribution in [2.45, 2.75) is 68.9 Å². The fraction of sp³-hybridized carbons (Fsp3) is 0.517. The number of rotatable bonds is 6. The third-order valence-corrected chi connectivity index (χ3v) is 10.8. The standard InChI is InChI=1S/C29H32F3NO4S/c1-28-12-11-23-22-8-6-21(38(35,36)13-3-4-27(34)37-2)15-18(22)5-7-24(23)26(28)10-9-25(28)19-14-20(17-33-16-19)29(30,31)32/h6,8-9,14-17,23-24,26H,3-5,7,10-13H2,1-2H3/t23?,24?,26?,28-/m1/s1. The van der Waals surface area contributed by atoms with Crippen molar-refractivity contribution < 1.29 is 31.1 Å². The van der Waals surface area contributed by atoms with Crippen molar-refractivity contribution in [3.05, 3.63) is 65.0 Å². The van der Waals surface area contributed by atoms with E-state index in [0.717, 1.165) is 49.4 Å². The first-order valence-corrected chi connectivity index (χ1v) is 14.7. The molecule has 1 aromatic carbocycles. The molecule has 3 aliphatic carbocycles. The van der Waals surface area contributed by atoms with Crippen LogP contribution in [-0.2, 0) is 32.0 Å². The quantitative estimate of drug-likeness (QED) is 0.393. The zero-order valence-electron chi connectivity index (χ0n) is 21.6. The number of nitrogens with zero attached hydrogens (tertiary/aromatic N) is 1. The molecule has 9 heteroatoms. The highest BCUT2D eigenvalue weighted by atomic mass is 32.2. The van der Waals surface area contributed by atoms with Gasteiger partial charge in [0, 0.05) is 18.8 Å². The molecule has 0 bridgehead atoms. The Hall–Kier alpha value is -2.68. The second-order valence-corrected chi connectivity index (χ2v) is 13.2. The summed E-state index contributed by atoms with van der Waals surface area (Å²) in [5.74, 6) is 0.485. The van der Waals surface area contributed by atoms with Crippen LogP contribution >= 0.6 is 0 Å². The van der Waals surface area contributed by atoms with Crippen LogP contribution in [0.5, 0.6) is 0 Å². The number of hydrogen-bond acceptors (Lipinski definition) is 5. The molecular formula is C29H32F3NO4S. The Bertz CT molecular complexity index is 1380. The van der Waals surface area contributed by atoms with Crippen LogP contribution in [0.2, 0.25) is 0 Å². The summed E-state index contributed by atoms with van der Waals surface area (Å²) in [6.45, 7) is 2.19. The number of halogens is 3. The third kappa shape index (κ3) is 4.78. The van der Waals surface area contributed by atoms with Gasteiger partial charge < -0.3 is 4.74 Å². The molecule has 0 aliphatic heterocycles. The first-order valence-electron chi connectivity index (χ1n) is 13.1. The average Bonchev–Trinajstić information content (AvgIpc) is 3.24. The van der Waals surface area contributed by atoms with E-state index < -0.39 is 27.5 Å². The van der Waals surface area contributed by atoms with Crippen LogP contribution in [0.15, 0.2) is 47.6 Å². The molecule has 0 radical (unpaired) electrons. The second kappa shape index (κ2) is 9.81. The van der Waals surface area contributed by atoms with E-state index in [1.807, 2.05) is 6.07 Å². The molecule has 3 unspecified atom stereocenters. The lowest BCUT2D eigenvalue weighted by Gasteiger charge is -2.50. The van der Waals surface area contributed by atoms with Crippen molar-refractivity contribution in [3.63, 3.8) is 0 Å². The molecule has 1 saturated carbocycles. The summed E-state index contributed by atoms with van der Waals surface area (Å²) in [6.07, 6.45) is 4.67. The van der Waals surface area contributed by atoms with E-state index >= 15 is 0 Å². The summed E-state index contributed by atoms with van der Waals surface area (Å²) in [5.41, 5.74) is 2.86. The van der Waals surface area contributed by atoms with E-state index in [2.05, 4.69) is 22.7 Å². The number of alkyl halides is 3. The summed E-state index contributed by atoms with van der Waals surface area (Å²) >= 11 is 0. The fourth-order valence-electron chi connectivity index (χ4n) is 7.14. The number of esters is 1. The summed E-state index contributed by atoms with van der Waals surface area (Å²) in [6, 6.07) is 6.68. The Labute approximate surface area is 221 Å². The minimum Gasteiger partial charge on any atom is -0.469 e. The van der Waals surface area contributed by atoms with Gasteiger partial charge in [-0.2, -0.15) is 13.2 Å². The first kappa shape index (κ1) is 26.9. The molecule has 0 saturated heterocycles. The van der Waals surface area contributed by atoms with Crippen molar-refractivity contribution in [2.24, 2.45) is 17.3 Å². The van der Waals surface area contributed by atoms with Crippen LogP contribution in [0.25, 0.3) is 5.57 Å². The Morgan fingerprint density at radius 1 is 1.18 bits per heavy atom.